The van der Waals surface area contributed by atoms with Crippen LogP contribution in [0.1, 0.15) is 21.7 Å². The molecule has 0 spiro atoms. The zero-order valence-corrected chi connectivity index (χ0v) is 17.9. The lowest BCUT2D eigenvalue weighted by Gasteiger charge is -2.12. The number of benzene rings is 1. The summed E-state index contributed by atoms with van der Waals surface area (Å²) in [7, 11) is 1.74. The molecule has 0 radical (unpaired) electrons. The Labute approximate surface area is 179 Å². The van der Waals surface area contributed by atoms with Gasteiger partial charge in [0.1, 0.15) is 0 Å². The van der Waals surface area contributed by atoms with Crippen LogP contribution in [0.5, 0.6) is 0 Å². The third-order valence-electron chi connectivity index (χ3n) is 3.65. The molecule has 2 heterocycles. The number of carbonyl (C=O) groups is 1. The van der Waals surface area contributed by atoms with Crippen LogP contribution in [0.2, 0.25) is 0 Å². The second kappa shape index (κ2) is 10.7. The second-order valence-electron chi connectivity index (χ2n) is 5.54. The molecule has 0 saturated heterocycles. The summed E-state index contributed by atoms with van der Waals surface area (Å²) >= 11 is 1.67. The predicted octanol–water partition coefficient (Wildman–Crippen LogP) is 4.08. The zero-order valence-electron chi connectivity index (χ0n) is 14.8. The minimum Gasteiger partial charge on any atom is -0.459 e. The van der Waals surface area contributed by atoms with Crippen molar-refractivity contribution in [3.05, 3.63) is 76.4 Å². The molecule has 27 heavy (non-hydrogen) atoms. The molecule has 142 valence electrons. The molecular weight excluding hydrogens is 475 g/mol. The van der Waals surface area contributed by atoms with Crippen molar-refractivity contribution in [1.82, 2.24) is 10.6 Å². The fourth-order valence-corrected chi connectivity index (χ4v) is 3.01. The van der Waals surface area contributed by atoms with E-state index in [1.165, 1.54) is 11.8 Å². The summed E-state index contributed by atoms with van der Waals surface area (Å²) < 4.78 is 5.10. The van der Waals surface area contributed by atoms with Gasteiger partial charge in [0.2, 0.25) is 0 Å². The maximum Gasteiger partial charge on any atom is 0.291 e. The van der Waals surface area contributed by atoms with Crippen LogP contribution < -0.4 is 16.0 Å². The highest BCUT2D eigenvalue weighted by Crippen LogP contribution is 2.12. The normalized spacial score (nSPS) is 10.8. The number of aliphatic imine (C=N–C) groups is 1. The smallest absolute Gasteiger partial charge is 0.291 e. The van der Waals surface area contributed by atoms with Crippen molar-refractivity contribution < 1.29 is 9.21 Å². The number of guanidine groups is 1. The standard InChI is InChI=1S/C19H20N4O2S.HI/c1-20-19(22-12-15-7-9-26-13-15)21-11-14-4-2-5-16(10-14)23-18(24)17-6-3-8-25-17;/h2-10,13H,11-12H2,1H3,(H,23,24)(H2,20,21,22);1H. The molecule has 0 aliphatic heterocycles. The van der Waals surface area contributed by atoms with Crippen molar-refractivity contribution in [3.63, 3.8) is 0 Å². The third-order valence-corrected chi connectivity index (χ3v) is 4.39. The molecule has 0 atom stereocenters. The van der Waals surface area contributed by atoms with Crippen molar-refractivity contribution in [3.8, 4) is 0 Å². The van der Waals surface area contributed by atoms with Crippen molar-refractivity contribution in [2.24, 2.45) is 4.99 Å². The van der Waals surface area contributed by atoms with Gasteiger partial charge in [-0.1, -0.05) is 12.1 Å². The molecule has 0 saturated carbocycles. The lowest BCUT2D eigenvalue weighted by atomic mass is 10.2. The molecular formula is C19H21IN4O2S. The van der Waals surface area contributed by atoms with Gasteiger partial charge < -0.3 is 20.4 Å². The van der Waals surface area contributed by atoms with E-state index in [1.807, 2.05) is 24.3 Å². The van der Waals surface area contributed by atoms with Crippen LogP contribution in [0.3, 0.4) is 0 Å². The molecule has 0 bridgehead atoms. The van der Waals surface area contributed by atoms with E-state index >= 15 is 0 Å². The predicted molar refractivity (Wildman–Crippen MR) is 120 cm³/mol. The molecule has 0 unspecified atom stereocenters. The van der Waals surface area contributed by atoms with Crippen LogP contribution >= 0.6 is 35.3 Å². The average Bonchev–Trinajstić information content (AvgIpc) is 3.36. The highest BCUT2D eigenvalue weighted by molar-refractivity contribution is 14.0. The molecule has 0 fully saturated rings. The molecule has 2 aromatic heterocycles. The first-order valence-electron chi connectivity index (χ1n) is 8.14. The Hall–Kier alpha value is -2.33. The van der Waals surface area contributed by atoms with E-state index in [9.17, 15) is 4.79 Å². The first-order valence-corrected chi connectivity index (χ1v) is 9.08. The number of nitrogens with one attached hydrogen (secondary N) is 3. The lowest BCUT2D eigenvalue weighted by molar-refractivity contribution is 0.0996. The molecule has 0 aliphatic carbocycles. The van der Waals surface area contributed by atoms with Gasteiger partial charge in [0.05, 0.1) is 6.26 Å². The largest absolute Gasteiger partial charge is 0.459 e. The molecule has 3 N–H and O–H groups in total. The van der Waals surface area contributed by atoms with Gasteiger partial charge in [0, 0.05) is 25.8 Å². The van der Waals surface area contributed by atoms with Crippen LogP contribution in [-0.2, 0) is 13.1 Å². The second-order valence-corrected chi connectivity index (χ2v) is 6.32. The van der Waals surface area contributed by atoms with Gasteiger partial charge in [-0.15, -0.1) is 24.0 Å². The fraction of sp³-hybridized carbons (Fsp3) is 0.158. The van der Waals surface area contributed by atoms with Crippen molar-refractivity contribution in [2.45, 2.75) is 13.1 Å². The monoisotopic (exact) mass is 496 g/mol. The Balaban J connectivity index is 0.00000261. The van der Waals surface area contributed by atoms with Crippen molar-refractivity contribution in [2.75, 3.05) is 12.4 Å². The Morgan fingerprint density at radius 2 is 1.93 bits per heavy atom. The Bertz CT molecular complexity index is 864. The number of hydrogen-bond donors (Lipinski definition) is 3. The van der Waals surface area contributed by atoms with Gasteiger partial charge in [0.15, 0.2) is 11.7 Å². The van der Waals surface area contributed by atoms with E-state index in [4.69, 9.17) is 4.42 Å². The molecule has 6 nitrogen and oxygen atoms in total. The van der Waals surface area contributed by atoms with Crippen LogP contribution in [0.15, 0.2) is 68.9 Å². The van der Waals surface area contributed by atoms with E-state index in [-0.39, 0.29) is 35.6 Å². The number of anilines is 1. The summed E-state index contributed by atoms with van der Waals surface area (Å²) in [6, 6.07) is 13.0. The van der Waals surface area contributed by atoms with E-state index in [0.717, 1.165) is 18.1 Å². The minimum atomic E-state index is -0.270. The number of hydrogen-bond acceptors (Lipinski definition) is 4. The van der Waals surface area contributed by atoms with Crippen molar-refractivity contribution >= 4 is 52.9 Å². The summed E-state index contributed by atoms with van der Waals surface area (Å²) in [6.07, 6.45) is 1.48. The summed E-state index contributed by atoms with van der Waals surface area (Å²) in [5.74, 6) is 0.737. The summed E-state index contributed by atoms with van der Waals surface area (Å²) in [6.45, 7) is 1.32. The van der Waals surface area contributed by atoms with Gasteiger partial charge >= 0.3 is 0 Å². The van der Waals surface area contributed by atoms with Gasteiger partial charge in [-0.2, -0.15) is 11.3 Å². The van der Waals surface area contributed by atoms with Crippen LogP contribution in [0.25, 0.3) is 0 Å². The SMILES string of the molecule is CN=C(NCc1ccsc1)NCc1cccc(NC(=O)c2ccco2)c1.I. The lowest BCUT2D eigenvalue weighted by Crippen LogP contribution is -2.36. The molecule has 3 rings (SSSR count). The van der Waals surface area contributed by atoms with E-state index < -0.39 is 0 Å². The van der Waals surface area contributed by atoms with Gasteiger partial charge in [-0.3, -0.25) is 9.79 Å². The van der Waals surface area contributed by atoms with Crippen molar-refractivity contribution in [1.29, 1.82) is 0 Å². The highest BCUT2D eigenvalue weighted by atomic mass is 127. The topological polar surface area (TPSA) is 78.7 Å². The third kappa shape index (κ3) is 6.40. The number of halogens is 1. The Morgan fingerprint density at radius 1 is 1.11 bits per heavy atom. The van der Waals surface area contributed by atoms with E-state index in [2.05, 4.69) is 37.8 Å². The number of nitrogens with zero attached hydrogens (tertiary/aromatic N) is 1. The minimum absolute atomic E-state index is 0. The van der Waals surface area contributed by atoms with Crippen LogP contribution in [-0.4, -0.2) is 18.9 Å². The summed E-state index contributed by atoms with van der Waals surface area (Å²) in [4.78, 5) is 16.3. The number of thiophene rings is 1. The van der Waals surface area contributed by atoms with Gasteiger partial charge in [-0.05, 0) is 52.2 Å². The molecule has 8 heteroatoms. The zero-order chi connectivity index (χ0) is 18.2. The summed E-state index contributed by atoms with van der Waals surface area (Å²) in [5, 5.41) is 13.5. The average molecular weight is 496 g/mol. The molecule has 1 aromatic carbocycles. The molecule has 3 aromatic rings. The van der Waals surface area contributed by atoms with Crippen LogP contribution in [0, 0.1) is 0 Å². The van der Waals surface area contributed by atoms with Gasteiger partial charge in [-0.25, -0.2) is 0 Å². The fourth-order valence-electron chi connectivity index (χ4n) is 2.34. The molecule has 0 aliphatic rings. The molecule has 1 amide bonds. The summed E-state index contributed by atoms with van der Waals surface area (Å²) in [5.41, 5.74) is 2.97. The number of amides is 1. The van der Waals surface area contributed by atoms with Gasteiger partial charge in [0.25, 0.3) is 5.91 Å². The first-order chi connectivity index (χ1) is 12.7. The van der Waals surface area contributed by atoms with Crippen LogP contribution in [0.4, 0.5) is 5.69 Å². The van der Waals surface area contributed by atoms with E-state index in [1.54, 1.807) is 30.5 Å². The number of rotatable bonds is 6. The Kier molecular flexibility index (Phi) is 8.34. The maximum atomic E-state index is 12.0. The highest BCUT2D eigenvalue weighted by Gasteiger charge is 2.09. The quantitative estimate of drug-likeness (QED) is 0.273. The Morgan fingerprint density at radius 3 is 2.59 bits per heavy atom. The maximum absolute atomic E-state index is 12.0. The first kappa shape index (κ1) is 21.0. The number of furan rings is 1. The number of carbonyl (C=O) groups excluding carboxylic acids is 1. The van der Waals surface area contributed by atoms with E-state index in [0.29, 0.717) is 12.2 Å².